The molecule has 0 aliphatic carbocycles. The number of fused-ring (bicyclic) bond motifs is 1. The van der Waals surface area contributed by atoms with Gasteiger partial charge < -0.3 is 26.6 Å². The lowest BCUT2D eigenvalue weighted by Gasteiger charge is -2.32. The molecule has 0 saturated carbocycles. The number of hydrogen-bond donors (Lipinski definition) is 3. The smallest absolute Gasteiger partial charge is 0.251 e. The van der Waals surface area contributed by atoms with Crippen molar-refractivity contribution >= 4 is 29.2 Å². The third-order valence-electron chi connectivity index (χ3n) is 6.67. The van der Waals surface area contributed by atoms with Gasteiger partial charge in [-0.05, 0) is 48.4 Å². The van der Waals surface area contributed by atoms with Crippen molar-refractivity contribution in [2.24, 2.45) is 17.1 Å². The predicted molar refractivity (Wildman–Crippen MR) is 130 cm³/mol. The molecule has 0 bridgehead atoms. The Morgan fingerprint density at radius 3 is 2.26 bits per heavy atom. The summed E-state index contributed by atoms with van der Waals surface area (Å²) >= 11 is 0. The van der Waals surface area contributed by atoms with Crippen molar-refractivity contribution in [1.82, 2.24) is 15.1 Å². The van der Waals surface area contributed by atoms with Crippen molar-refractivity contribution in [2.75, 3.05) is 18.8 Å². The predicted octanol–water partition coefficient (Wildman–Crippen LogP) is 1.17. The number of nitrogens with zero attached hydrogens (tertiary/aromatic N) is 2. The van der Waals surface area contributed by atoms with Gasteiger partial charge in [-0.3, -0.25) is 19.2 Å². The van der Waals surface area contributed by atoms with Crippen LogP contribution in [-0.2, 0) is 14.4 Å². The van der Waals surface area contributed by atoms with Gasteiger partial charge in [-0.15, -0.1) is 0 Å². The molecule has 2 heterocycles. The highest BCUT2D eigenvalue weighted by Crippen LogP contribution is 2.32. The van der Waals surface area contributed by atoms with Crippen molar-refractivity contribution < 1.29 is 19.2 Å². The second-order valence-corrected chi connectivity index (χ2v) is 10.9. The molecule has 4 atom stereocenters. The van der Waals surface area contributed by atoms with E-state index in [-0.39, 0.29) is 42.0 Å². The molecular weight excluding hydrogens is 434 g/mol. The molecule has 2 aliphatic heterocycles. The summed E-state index contributed by atoms with van der Waals surface area (Å²) in [5, 5.41) is 2.84. The van der Waals surface area contributed by atoms with Crippen LogP contribution < -0.4 is 16.8 Å². The Bertz CT molecular complexity index is 953. The van der Waals surface area contributed by atoms with Crippen molar-refractivity contribution in [2.45, 2.75) is 71.6 Å². The SMILES string of the molecule is CC(C)CC(NC(=O)c1ccc(N)cc1)C(=O)N1CCC2C1C(=O)CN2C(=O)C(N)C(C)(C)C. The lowest BCUT2D eigenvalue weighted by atomic mass is 9.86. The molecule has 9 heteroatoms. The van der Waals surface area contributed by atoms with E-state index in [1.807, 2.05) is 34.6 Å². The number of anilines is 1. The molecule has 9 nitrogen and oxygen atoms in total. The molecular formula is C25H37N5O4. The van der Waals surface area contributed by atoms with Crippen LogP contribution in [-0.4, -0.2) is 70.6 Å². The van der Waals surface area contributed by atoms with Gasteiger partial charge in [0.2, 0.25) is 11.8 Å². The summed E-state index contributed by atoms with van der Waals surface area (Å²) in [4.78, 5) is 55.5. The van der Waals surface area contributed by atoms with Crippen LogP contribution in [0, 0.1) is 11.3 Å². The maximum atomic E-state index is 13.6. The van der Waals surface area contributed by atoms with Gasteiger partial charge in [0.15, 0.2) is 5.78 Å². The Balaban J connectivity index is 1.77. The minimum absolute atomic E-state index is 0.0473. The number of amides is 3. The molecule has 34 heavy (non-hydrogen) atoms. The number of nitrogens with one attached hydrogen (secondary N) is 1. The Morgan fingerprint density at radius 1 is 1.09 bits per heavy atom. The van der Waals surface area contributed by atoms with Gasteiger partial charge in [-0.25, -0.2) is 0 Å². The molecule has 2 saturated heterocycles. The zero-order valence-corrected chi connectivity index (χ0v) is 20.7. The summed E-state index contributed by atoms with van der Waals surface area (Å²) in [6.45, 7) is 9.89. The third-order valence-corrected chi connectivity index (χ3v) is 6.67. The second kappa shape index (κ2) is 9.74. The summed E-state index contributed by atoms with van der Waals surface area (Å²) < 4.78 is 0. The minimum Gasteiger partial charge on any atom is -0.399 e. The molecule has 186 valence electrons. The van der Waals surface area contributed by atoms with E-state index < -0.39 is 23.5 Å². The summed E-state index contributed by atoms with van der Waals surface area (Å²) in [5.41, 5.74) is 12.4. The number of nitrogens with two attached hydrogens (primary N) is 2. The Kier molecular flexibility index (Phi) is 7.35. The van der Waals surface area contributed by atoms with E-state index in [0.717, 1.165) is 0 Å². The van der Waals surface area contributed by atoms with E-state index in [1.165, 1.54) is 0 Å². The zero-order valence-electron chi connectivity index (χ0n) is 20.7. The fourth-order valence-corrected chi connectivity index (χ4v) is 4.68. The molecule has 5 N–H and O–H groups in total. The van der Waals surface area contributed by atoms with Gasteiger partial charge in [0, 0.05) is 17.8 Å². The van der Waals surface area contributed by atoms with Crippen LogP contribution in [0.15, 0.2) is 24.3 Å². The number of carbonyl (C=O) groups is 4. The van der Waals surface area contributed by atoms with E-state index in [4.69, 9.17) is 11.5 Å². The van der Waals surface area contributed by atoms with Crippen LogP contribution >= 0.6 is 0 Å². The quantitative estimate of drug-likeness (QED) is 0.532. The van der Waals surface area contributed by atoms with Crippen LogP contribution in [0.25, 0.3) is 0 Å². The van der Waals surface area contributed by atoms with Gasteiger partial charge >= 0.3 is 0 Å². The monoisotopic (exact) mass is 471 g/mol. The average Bonchev–Trinajstić information content (AvgIpc) is 3.32. The van der Waals surface area contributed by atoms with Gasteiger partial charge in [0.25, 0.3) is 5.91 Å². The van der Waals surface area contributed by atoms with Gasteiger partial charge in [-0.1, -0.05) is 34.6 Å². The molecule has 0 radical (unpaired) electrons. The Morgan fingerprint density at radius 2 is 1.71 bits per heavy atom. The molecule has 2 fully saturated rings. The van der Waals surface area contributed by atoms with Crippen molar-refractivity contribution in [1.29, 1.82) is 0 Å². The third kappa shape index (κ3) is 5.24. The first-order valence-corrected chi connectivity index (χ1v) is 11.9. The van der Waals surface area contributed by atoms with E-state index >= 15 is 0 Å². The summed E-state index contributed by atoms with van der Waals surface area (Å²) in [6, 6.07) is 3.87. The highest BCUT2D eigenvalue weighted by Gasteiger charge is 2.53. The standard InChI is InChI=1S/C25H37N5O4/c1-14(2)12-17(28-22(32)15-6-8-16(26)9-7-15)23(33)29-11-10-18-20(29)19(31)13-30(18)24(34)21(27)25(3,4)5/h6-9,14,17-18,20-21H,10-13,26-27H2,1-5H3,(H,28,32). The first-order chi connectivity index (χ1) is 15.8. The molecule has 2 aliphatic rings. The maximum absolute atomic E-state index is 13.6. The molecule has 0 spiro atoms. The molecule has 4 unspecified atom stereocenters. The molecule has 1 aromatic carbocycles. The first-order valence-electron chi connectivity index (χ1n) is 11.9. The molecule has 0 aromatic heterocycles. The highest BCUT2D eigenvalue weighted by molar-refractivity contribution is 6.01. The van der Waals surface area contributed by atoms with Crippen molar-refractivity contribution in [3.8, 4) is 0 Å². The summed E-state index contributed by atoms with van der Waals surface area (Å²) in [6.07, 6.45) is 0.935. The van der Waals surface area contributed by atoms with Crippen LogP contribution in [0.4, 0.5) is 5.69 Å². The maximum Gasteiger partial charge on any atom is 0.251 e. The van der Waals surface area contributed by atoms with Crippen LogP contribution in [0.1, 0.15) is 57.8 Å². The number of benzene rings is 1. The highest BCUT2D eigenvalue weighted by atomic mass is 16.2. The summed E-state index contributed by atoms with van der Waals surface area (Å²) in [7, 11) is 0. The van der Waals surface area contributed by atoms with Crippen LogP contribution in [0.5, 0.6) is 0 Å². The fourth-order valence-electron chi connectivity index (χ4n) is 4.68. The summed E-state index contributed by atoms with van der Waals surface area (Å²) in [5.74, 6) is -0.967. The molecule has 1 aromatic rings. The number of Topliss-reactive ketones (excluding diaryl/α,β-unsaturated/α-hetero) is 1. The van der Waals surface area contributed by atoms with Crippen molar-refractivity contribution in [3.63, 3.8) is 0 Å². The van der Waals surface area contributed by atoms with Crippen LogP contribution in [0.3, 0.4) is 0 Å². The fraction of sp³-hybridized carbons (Fsp3) is 0.600. The normalized spacial score (nSPS) is 22.0. The number of carbonyl (C=O) groups excluding carboxylic acids is 4. The lowest BCUT2D eigenvalue weighted by molar-refractivity contribution is -0.138. The van der Waals surface area contributed by atoms with Crippen molar-refractivity contribution in [3.05, 3.63) is 29.8 Å². The Labute approximate surface area is 201 Å². The first kappa shape index (κ1) is 25.7. The number of rotatable bonds is 6. The van der Waals surface area contributed by atoms with Crippen LogP contribution in [0.2, 0.25) is 0 Å². The number of ketones is 1. The van der Waals surface area contributed by atoms with E-state index in [0.29, 0.717) is 30.6 Å². The van der Waals surface area contributed by atoms with E-state index in [2.05, 4.69) is 5.32 Å². The van der Waals surface area contributed by atoms with Gasteiger partial charge in [0.05, 0.1) is 18.6 Å². The van der Waals surface area contributed by atoms with Gasteiger partial charge in [-0.2, -0.15) is 0 Å². The van der Waals surface area contributed by atoms with E-state index in [9.17, 15) is 19.2 Å². The lowest BCUT2D eigenvalue weighted by Crippen LogP contribution is -2.54. The molecule has 3 amide bonds. The largest absolute Gasteiger partial charge is 0.399 e. The van der Waals surface area contributed by atoms with Gasteiger partial charge in [0.1, 0.15) is 12.1 Å². The number of hydrogen-bond acceptors (Lipinski definition) is 6. The topological polar surface area (TPSA) is 139 Å². The second-order valence-electron chi connectivity index (χ2n) is 10.9. The average molecular weight is 472 g/mol. The minimum atomic E-state index is -0.779. The van der Waals surface area contributed by atoms with E-state index in [1.54, 1.807) is 34.1 Å². The number of likely N-dealkylation sites (tertiary alicyclic amines) is 2. The zero-order chi connectivity index (χ0) is 25.4. The molecule has 3 rings (SSSR count). The Hall–Kier alpha value is -2.94. The number of nitrogen functional groups attached to an aromatic ring is 1.